The molecule has 2 atom stereocenters. The highest BCUT2D eigenvalue weighted by atomic mass is 32.2. The molecule has 31 heavy (non-hydrogen) atoms. The molecule has 9 nitrogen and oxygen atoms in total. The minimum Gasteiger partial charge on any atom is -0.454 e. The van der Waals surface area contributed by atoms with Gasteiger partial charge in [-0.05, 0) is 31.4 Å². The average Bonchev–Trinajstić information content (AvgIpc) is 3.04. The maximum atomic E-state index is 13.9. The van der Waals surface area contributed by atoms with Gasteiger partial charge in [0.05, 0.1) is 11.5 Å². The van der Waals surface area contributed by atoms with Crippen molar-refractivity contribution in [1.82, 2.24) is 9.62 Å². The number of likely N-dealkylation sites (N-methyl/N-ethyl adjacent to an activating group) is 1. The number of nitrogens with one attached hydrogen (secondary N) is 1. The number of carbonyl (C=O) groups is 2. The summed E-state index contributed by atoms with van der Waals surface area (Å²) >= 11 is 0. The number of nitrogens with zero attached hydrogens (tertiary/aromatic N) is 1. The van der Waals surface area contributed by atoms with Crippen molar-refractivity contribution < 1.29 is 35.6 Å². The Kier molecular flexibility index (Phi) is 8.17. The molecule has 0 radical (unpaired) electrons. The zero-order valence-corrected chi connectivity index (χ0v) is 19.2. The topological polar surface area (TPSA) is 127 Å². The Balaban J connectivity index is 2.05. The summed E-state index contributed by atoms with van der Waals surface area (Å²) in [5, 5.41) is 0. The molecule has 2 rings (SSSR count). The molecule has 1 N–H and O–H groups in total. The second kappa shape index (κ2) is 10.0. The van der Waals surface area contributed by atoms with Crippen molar-refractivity contribution in [2.45, 2.75) is 44.2 Å². The third kappa shape index (κ3) is 6.47. The van der Waals surface area contributed by atoms with Crippen LogP contribution in [0.15, 0.2) is 29.2 Å². The van der Waals surface area contributed by atoms with E-state index >= 15 is 0 Å². The number of sulfone groups is 1. The van der Waals surface area contributed by atoms with Crippen LogP contribution >= 0.6 is 0 Å². The molecule has 1 aromatic carbocycles. The first kappa shape index (κ1) is 25.2. The lowest BCUT2D eigenvalue weighted by Gasteiger charge is -2.27. The van der Waals surface area contributed by atoms with Crippen molar-refractivity contribution in [1.29, 1.82) is 0 Å². The van der Waals surface area contributed by atoms with Crippen molar-refractivity contribution in [3.8, 4) is 0 Å². The van der Waals surface area contributed by atoms with Gasteiger partial charge in [0.15, 0.2) is 16.4 Å². The Hall–Kier alpha value is -2.05. The van der Waals surface area contributed by atoms with Gasteiger partial charge in [-0.25, -0.2) is 21.2 Å². The van der Waals surface area contributed by atoms with Crippen LogP contribution in [0.2, 0.25) is 0 Å². The SMILES string of the molecule is CCN(C(=O)COC(=O)C(NS(=O)(=O)c1ccccc1F)C(C)C)C1CCS(=O)(=O)C1. The van der Waals surface area contributed by atoms with Gasteiger partial charge in [-0.2, -0.15) is 4.72 Å². The van der Waals surface area contributed by atoms with E-state index in [2.05, 4.69) is 4.72 Å². The van der Waals surface area contributed by atoms with E-state index in [-0.39, 0.29) is 18.1 Å². The zero-order valence-electron chi connectivity index (χ0n) is 17.6. The van der Waals surface area contributed by atoms with Crippen LogP contribution in [-0.2, 0) is 34.2 Å². The maximum absolute atomic E-state index is 13.9. The van der Waals surface area contributed by atoms with E-state index in [1.54, 1.807) is 20.8 Å². The predicted octanol–water partition coefficient (Wildman–Crippen LogP) is 0.707. The van der Waals surface area contributed by atoms with Gasteiger partial charge in [0.2, 0.25) is 10.0 Å². The molecular weight excluding hydrogens is 451 g/mol. The van der Waals surface area contributed by atoms with Crippen molar-refractivity contribution in [2.24, 2.45) is 5.92 Å². The van der Waals surface area contributed by atoms with Crippen LogP contribution in [0.25, 0.3) is 0 Å². The molecule has 1 amide bonds. The quantitative estimate of drug-likeness (QED) is 0.518. The molecule has 1 saturated heterocycles. The van der Waals surface area contributed by atoms with Crippen LogP contribution in [0.1, 0.15) is 27.2 Å². The summed E-state index contributed by atoms with van der Waals surface area (Å²) < 4.78 is 69.4. The number of sulfonamides is 1. The van der Waals surface area contributed by atoms with Gasteiger partial charge < -0.3 is 9.64 Å². The number of benzene rings is 1. The van der Waals surface area contributed by atoms with Crippen LogP contribution < -0.4 is 4.72 Å². The van der Waals surface area contributed by atoms with Gasteiger partial charge in [0.1, 0.15) is 16.8 Å². The van der Waals surface area contributed by atoms with E-state index in [0.29, 0.717) is 6.42 Å². The molecule has 12 heteroatoms. The van der Waals surface area contributed by atoms with Gasteiger partial charge in [0, 0.05) is 12.6 Å². The molecule has 174 valence electrons. The number of ether oxygens (including phenoxy) is 1. The second-order valence-corrected chi connectivity index (χ2v) is 11.5. The highest BCUT2D eigenvalue weighted by molar-refractivity contribution is 7.91. The minimum absolute atomic E-state index is 0.00547. The average molecular weight is 479 g/mol. The number of carbonyl (C=O) groups excluding carboxylic acids is 2. The maximum Gasteiger partial charge on any atom is 0.324 e. The standard InChI is InChI=1S/C19H27FN2O7S2/c1-4-22(14-9-10-30(25,26)12-14)17(23)11-29-19(24)18(13(2)3)21-31(27,28)16-8-6-5-7-15(16)20/h5-8,13-14,18,21H,4,9-12H2,1-3H3. The summed E-state index contributed by atoms with van der Waals surface area (Å²) in [6.07, 6.45) is 0.312. The first-order valence-corrected chi connectivity index (χ1v) is 13.1. The van der Waals surface area contributed by atoms with Crippen molar-refractivity contribution >= 4 is 31.7 Å². The van der Waals surface area contributed by atoms with Crippen molar-refractivity contribution in [2.75, 3.05) is 24.7 Å². The number of hydrogen-bond donors (Lipinski definition) is 1. The van der Waals surface area contributed by atoms with Crippen LogP contribution in [0.4, 0.5) is 4.39 Å². The van der Waals surface area contributed by atoms with Gasteiger partial charge in [0.25, 0.3) is 5.91 Å². The Labute approximate surface area is 181 Å². The summed E-state index contributed by atoms with van der Waals surface area (Å²) in [4.78, 5) is 25.7. The van der Waals surface area contributed by atoms with Crippen LogP contribution in [0.5, 0.6) is 0 Å². The molecule has 0 saturated carbocycles. The smallest absolute Gasteiger partial charge is 0.324 e. The fourth-order valence-corrected chi connectivity index (χ4v) is 6.46. The molecule has 1 aliphatic heterocycles. The Bertz CT molecular complexity index is 1030. The van der Waals surface area contributed by atoms with E-state index in [9.17, 15) is 30.8 Å². The van der Waals surface area contributed by atoms with Crippen LogP contribution in [0, 0.1) is 11.7 Å². The minimum atomic E-state index is -4.35. The van der Waals surface area contributed by atoms with Gasteiger partial charge in [-0.3, -0.25) is 9.59 Å². The number of esters is 1. The molecule has 0 bridgehead atoms. The highest BCUT2D eigenvalue weighted by Crippen LogP contribution is 2.19. The van der Waals surface area contributed by atoms with Gasteiger partial charge in [-0.1, -0.05) is 26.0 Å². The lowest BCUT2D eigenvalue weighted by Crippen LogP contribution is -2.47. The van der Waals surface area contributed by atoms with Crippen LogP contribution in [-0.4, -0.2) is 70.4 Å². The third-order valence-corrected chi connectivity index (χ3v) is 8.20. The van der Waals surface area contributed by atoms with E-state index < -0.39 is 67.1 Å². The Morgan fingerprint density at radius 3 is 2.45 bits per heavy atom. The second-order valence-electron chi connectivity index (χ2n) is 7.62. The van der Waals surface area contributed by atoms with Gasteiger partial charge >= 0.3 is 5.97 Å². The number of rotatable bonds is 9. The molecule has 0 aliphatic carbocycles. The number of halogens is 1. The summed E-state index contributed by atoms with van der Waals surface area (Å²) in [6, 6.07) is 2.91. The molecule has 0 aromatic heterocycles. The zero-order chi connectivity index (χ0) is 23.4. The molecular formula is C19H27FN2O7S2. The van der Waals surface area contributed by atoms with Gasteiger partial charge in [-0.15, -0.1) is 0 Å². The molecule has 2 unspecified atom stereocenters. The van der Waals surface area contributed by atoms with E-state index in [1.165, 1.54) is 17.0 Å². The molecule has 1 heterocycles. The molecule has 1 fully saturated rings. The molecule has 1 aliphatic rings. The van der Waals surface area contributed by atoms with E-state index in [0.717, 1.165) is 12.1 Å². The molecule has 0 spiro atoms. The highest BCUT2D eigenvalue weighted by Gasteiger charge is 2.35. The largest absolute Gasteiger partial charge is 0.454 e. The van der Waals surface area contributed by atoms with E-state index in [1.807, 2.05) is 0 Å². The lowest BCUT2D eigenvalue weighted by atomic mass is 10.1. The van der Waals surface area contributed by atoms with E-state index in [4.69, 9.17) is 4.74 Å². The summed E-state index contributed by atoms with van der Waals surface area (Å²) in [7, 11) is -7.55. The first-order chi connectivity index (χ1) is 14.4. The predicted molar refractivity (Wildman–Crippen MR) is 111 cm³/mol. The summed E-state index contributed by atoms with van der Waals surface area (Å²) in [6.45, 7) is 4.40. The number of hydrogen-bond acceptors (Lipinski definition) is 7. The van der Waals surface area contributed by atoms with Crippen molar-refractivity contribution in [3.63, 3.8) is 0 Å². The summed E-state index contributed by atoms with van der Waals surface area (Å²) in [5.41, 5.74) is 0. The van der Waals surface area contributed by atoms with Crippen molar-refractivity contribution in [3.05, 3.63) is 30.1 Å². The first-order valence-electron chi connectivity index (χ1n) is 9.81. The Morgan fingerprint density at radius 1 is 1.29 bits per heavy atom. The normalized spacial score (nSPS) is 19.2. The fraction of sp³-hybridized carbons (Fsp3) is 0.579. The Morgan fingerprint density at radius 2 is 1.94 bits per heavy atom. The number of amides is 1. The monoisotopic (exact) mass is 478 g/mol. The fourth-order valence-electron chi connectivity index (χ4n) is 3.31. The molecule has 1 aromatic rings. The lowest BCUT2D eigenvalue weighted by molar-refractivity contribution is -0.154. The van der Waals surface area contributed by atoms with Crippen LogP contribution in [0.3, 0.4) is 0 Å². The third-order valence-electron chi connectivity index (χ3n) is 4.98. The summed E-state index contributed by atoms with van der Waals surface area (Å²) in [5.74, 6) is -3.22.